The lowest BCUT2D eigenvalue weighted by Crippen LogP contribution is -2.40. The number of alkyl halides is 2. The number of nitrogens with one attached hydrogen (secondary N) is 1. The molecular weight excluding hydrogens is 382 g/mol. The zero-order valence-corrected chi connectivity index (χ0v) is 16.8. The third-order valence-corrected chi connectivity index (χ3v) is 4.03. The molecule has 0 saturated carbocycles. The van der Waals surface area contributed by atoms with Crippen LogP contribution in [0.3, 0.4) is 0 Å². The number of amides is 1. The summed E-state index contributed by atoms with van der Waals surface area (Å²) >= 11 is 0. The van der Waals surface area contributed by atoms with Gasteiger partial charge in [-0.2, -0.15) is 8.78 Å². The van der Waals surface area contributed by atoms with Crippen LogP contribution >= 0.6 is 0 Å². The molecule has 0 spiro atoms. The summed E-state index contributed by atoms with van der Waals surface area (Å²) in [6.45, 7) is -1.79. The van der Waals surface area contributed by atoms with Crippen molar-refractivity contribution in [3.8, 4) is 5.75 Å². The number of carbonyl (C=O) groups excluding carboxylic acids is 1. The lowest BCUT2D eigenvalue weighted by molar-refractivity contribution is -0.127. The van der Waals surface area contributed by atoms with Gasteiger partial charge >= 0.3 is 6.61 Å². The third kappa shape index (κ3) is 7.81. The highest BCUT2D eigenvalue weighted by Crippen LogP contribution is 2.15. The Kier molecular flexibility index (Phi) is 8.45. The number of carbonyl (C=O) groups is 1. The molecule has 0 unspecified atom stereocenters. The van der Waals surface area contributed by atoms with Crippen molar-refractivity contribution in [3.05, 3.63) is 54.0 Å². The van der Waals surface area contributed by atoms with Gasteiger partial charge in [0.1, 0.15) is 18.1 Å². The fourth-order valence-corrected chi connectivity index (χ4v) is 2.47. The molecule has 1 N–H and O–H groups in total. The van der Waals surface area contributed by atoms with Crippen LogP contribution in [-0.4, -0.2) is 62.5 Å². The molecule has 1 amide bonds. The number of hydrogen-bond acceptors (Lipinski definition) is 4. The van der Waals surface area contributed by atoms with E-state index in [1.807, 2.05) is 24.1 Å². The van der Waals surface area contributed by atoms with E-state index >= 15 is 0 Å². The first kappa shape index (κ1) is 22.2. The second-order valence-electron chi connectivity index (χ2n) is 6.56. The second-order valence-corrected chi connectivity index (χ2v) is 6.56. The molecule has 0 aliphatic heterocycles. The average Bonchev–Trinajstić information content (AvgIpc) is 3.18. The normalized spacial score (nSPS) is 11.4. The summed E-state index contributed by atoms with van der Waals surface area (Å²) in [7, 11) is 5.19. The molecule has 2 rings (SSSR count). The van der Waals surface area contributed by atoms with E-state index in [2.05, 4.69) is 15.0 Å². The Morgan fingerprint density at radius 1 is 1.21 bits per heavy atom. The smallest absolute Gasteiger partial charge is 0.387 e. The summed E-state index contributed by atoms with van der Waals surface area (Å²) in [5.74, 6) is 1.39. The number of furan rings is 1. The van der Waals surface area contributed by atoms with Gasteiger partial charge in [0.2, 0.25) is 5.91 Å². The van der Waals surface area contributed by atoms with Crippen LogP contribution in [0.4, 0.5) is 8.78 Å². The number of halogens is 2. The first-order chi connectivity index (χ1) is 13.8. The Labute approximate surface area is 169 Å². The van der Waals surface area contributed by atoms with Gasteiger partial charge in [0.15, 0.2) is 5.96 Å². The molecule has 0 radical (unpaired) electrons. The van der Waals surface area contributed by atoms with Crippen LogP contribution in [0, 0.1) is 0 Å². The van der Waals surface area contributed by atoms with Crippen LogP contribution in [0.15, 0.2) is 52.1 Å². The number of ether oxygens (including phenoxy) is 1. The van der Waals surface area contributed by atoms with E-state index in [0.717, 1.165) is 11.3 Å². The number of rotatable bonds is 9. The summed E-state index contributed by atoms with van der Waals surface area (Å²) in [6, 6.07) is 10.1. The number of aliphatic imine (C=N–C) groups is 1. The van der Waals surface area contributed by atoms with Crippen molar-refractivity contribution >= 4 is 11.9 Å². The number of guanidine groups is 1. The van der Waals surface area contributed by atoms with Crippen LogP contribution in [0.2, 0.25) is 0 Å². The van der Waals surface area contributed by atoms with E-state index in [9.17, 15) is 13.6 Å². The predicted molar refractivity (Wildman–Crippen MR) is 106 cm³/mol. The lowest BCUT2D eigenvalue weighted by Gasteiger charge is -2.23. The minimum Gasteiger partial charge on any atom is -0.469 e. The van der Waals surface area contributed by atoms with Crippen molar-refractivity contribution in [1.29, 1.82) is 0 Å². The molecule has 9 heteroatoms. The molecule has 0 aliphatic carbocycles. The molecule has 0 atom stereocenters. The Morgan fingerprint density at radius 3 is 2.52 bits per heavy atom. The molecule has 0 fully saturated rings. The highest BCUT2D eigenvalue weighted by Gasteiger charge is 2.11. The number of benzene rings is 1. The molecule has 1 aromatic carbocycles. The topological polar surface area (TPSA) is 70.3 Å². The summed E-state index contributed by atoms with van der Waals surface area (Å²) in [6.07, 6.45) is 2.29. The van der Waals surface area contributed by atoms with Gasteiger partial charge in [0.05, 0.1) is 6.26 Å². The number of likely N-dealkylation sites (N-methyl/N-ethyl adjacent to an activating group) is 1. The molecule has 1 aromatic heterocycles. The zero-order valence-electron chi connectivity index (χ0n) is 16.8. The minimum absolute atomic E-state index is 0.0155. The molecule has 1 heterocycles. The summed E-state index contributed by atoms with van der Waals surface area (Å²) in [5, 5.41) is 3.23. The predicted octanol–water partition coefficient (Wildman–Crippen LogP) is 2.59. The largest absolute Gasteiger partial charge is 0.469 e. The highest BCUT2D eigenvalue weighted by atomic mass is 19.3. The van der Waals surface area contributed by atoms with Crippen molar-refractivity contribution in [3.63, 3.8) is 0 Å². The van der Waals surface area contributed by atoms with Gasteiger partial charge in [-0.15, -0.1) is 0 Å². The van der Waals surface area contributed by atoms with Gasteiger partial charge < -0.3 is 24.3 Å². The number of nitrogens with zero attached hydrogens (tertiary/aromatic N) is 3. The van der Waals surface area contributed by atoms with E-state index in [1.54, 1.807) is 32.5 Å². The number of hydrogen-bond donors (Lipinski definition) is 1. The first-order valence-electron chi connectivity index (χ1n) is 9.11. The summed E-state index contributed by atoms with van der Waals surface area (Å²) in [4.78, 5) is 19.6. The van der Waals surface area contributed by atoms with Crippen LogP contribution in [0.5, 0.6) is 5.75 Å². The zero-order chi connectivity index (χ0) is 21.2. The van der Waals surface area contributed by atoms with Gasteiger partial charge in [-0.1, -0.05) is 12.1 Å². The van der Waals surface area contributed by atoms with Gasteiger partial charge in [0, 0.05) is 40.7 Å². The average molecular weight is 408 g/mol. The fourth-order valence-electron chi connectivity index (χ4n) is 2.47. The molecule has 7 nitrogen and oxygen atoms in total. The summed E-state index contributed by atoms with van der Waals surface area (Å²) < 4.78 is 34.2. The van der Waals surface area contributed by atoms with Crippen molar-refractivity contribution in [2.45, 2.75) is 19.6 Å². The highest BCUT2D eigenvalue weighted by molar-refractivity contribution is 5.84. The molecule has 0 aliphatic rings. The monoisotopic (exact) mass is 408 g/mol. The van der Waals surface area contributed by atoms with Crippen LogP contribution < -0.4 is 10.1 Å². The third-order valence-electron chi connectivity index (χ3n) is 4.03. The van der Waals surface area contributed by atoms with E-state index in [0.29, 0.717) is 25.5 Å². The van der Waals surface area contributed by atoms with Gasteiger partial charge in [0.25, 0.3) is 0 Å². The molecule has 158 valence electrons. The van der Waals surface area contributed by atoms with Gasteiger partial charge in [-0.05, 0) is 29.8 Å². The summed E-state index contributed by atoms with van der Waals surface area (Å²) in [5.41, 5.74) is 0.883. The van der Waals surface area contributed by atoms with E-state index in [1.165, 1.54) is 17.0 Å². The van der Waals surface area contributed by atoms with Crippen LogP contribution in [0.25, 0.3) is 0 Å². The molecule has 29 heavy (non-hydrogen) atoms. The van der Waals surface area contributed by atoms with Crippen molar-refractivity contribution in [2.75, 3.05) is 34.2 Å². The Bertz CT molecular complexity index is 778. The van der Waals surface area contributed by atoms with Crippen molar-refractivity contribution in [2.24, 2.45) is 4.99 Å². The van der Waals surface area contributed by atoms with E-state index < -0.39 is 6.61 Å². The van der Waals surface area contributed by atoms with Gasteiger partial charge in [-0.25, -0.2) is 4.99 Å². The maximum Gasteiger partial charge on any atom is 0.387 e. The van der Waals surface area contributed by atoms with Crippen LogP contribution in [-0.2, 0) is 17.8 Å². The minimum atomic E-state index is -2.85. The van der Waals surface area contributed by atoms with E-state index in [4.69, 9.17) is 4.42 Å². The van der Waals surface area contributed by atoms with E-state index in [-0.39, 0.29) is 18.2 Å². The van der Waals surface area contributed by atoms with Crippen molar-refractivity contribution < 1.29 is 22.7 Å². The lowest BCUT2D eigenvalue weighted by atomic mass is 10.2. The first-order valence-corrected chi connectivity index (χ1v) is 9.11. The molecule has 0 bridgehead atoms. The SMILES string of the molecule is CN(C)C(=O)CN=C(NCCc1ccco1)N(C)Cc1ccc(OC(F)F)cc1. The van der Waals surface area contributed by atoms with Gasteiger partial charge in [-0.3, -0.25) is 4.79 Å². The fraction of sp³-hybridized carbons (Fsp3) is 0.400. The Morgan fingerprint density at radius 2 is 1.93 bits per heavy atom. The van der Waals surface area contributed by atoms with Crippen molar-refractivity contribution in [1.82, 2.24) is 15.1 Å². The molecular formula is C20H26F2N4O3. The van der Waals surface area contributed by atoms with Crippen LogP contribution in [0.1, 0.15) is 11.3 Å². The Hall–Kier alpha value is -3.10. The molecule has 2 aromatic rings. The molecule has 0 saturated heterocycles. The standard InChI is InChI=1S/C20H26F2N4O3/c1-25(2)18(27)13-24-20(23-11-10-16-5-4-12-28-16)26(3)14-15-6-8-17(9-7-15)29-19(21)22/h4-9,12,19H,10-11,13-14H2,1-3H3,(H,23,24). The second kappa shape index (κ2) is 11.0. The quantitative estimate of drug-likeness (QED) is 0.510. The maximum absolute atomic E-state index is 12.3. The Balaban J connectivity index is 2.00. The maximum atomic E-state index is 12.3.